The number of carbonyl (C=O) groups excluding carboxylic acids is 2. The van der Waals surface area contributed by atoms with Gasteiger partial charge in [0.25, 0.3) is 10.0 Å². The molecule has 0 unspecified atom stereocenters. The molecule has 0 saturated heterocycles. The Labute approximate surface area is 251 Å². The Kier molecular flexibility index (Phi) is 9.26. The van der Waals surface area contributed by atoms with Gasteiger partial charge in [0.15, 0.2) is 11.5 Å². The highest BCUT2D eigenvalue weighted by molar-refractivity contribution is 7.92. The molecule has 0 aliphatic carbocycles. The Balaban J connectivity index is 1.56. The highest BCUT2D eigenvalue weighted by atomic mass is 32.2. The largest absolute Gasteiger partial charge is 0.486 e. The summed E-state index contributed by atoms with van der Waals surface area (Å²) in [7, 11) is -2.68. The van der Waals surface area contributed by atoms with Crippen LogP contribution in [0.3, 0.4) is 0 Å². The molecule has 10 heteroatoms. The molecule has 0 saturated carbocycles. The van der Waals surface area contributed by atoms with Crippen molar-refractivity contribution in [3.63, 3.8) is 0 Å². The maximum Gasteiger partial charge on any atom is 0.264 e. The topological polar surface area (TPSA) is 105 Å². The van der Waals surface area contributed by atoms with Crippen LogP contribution in [0.25, 0.3) is 0 Å². The van der Waals surface area contributed by atoms with E-state index in [0.717, 1.165) is 15.4 Å². The smallest absolute Gasteiger partial charge is 0.264 e. The van der Waals surface area contributed by atoms with Crippen molar-refractivity contribution in [3.8, 4) is 11.5 Å². The zero-order chi connectivity index (χ0) is 30.2. The number of carbonyl (C=O) groups is 2. The molecule has 1 N–H and O–H groups in total. The van der Waals surface area contributed by atoms with Gasteiger partial charge in [0.05, 0.1) is 10.6 Å². The summed E-state index contributed by atoms with van der Waals surface area (Å²) in [5.41, 5.74) is 1.90. The average Bonchev–Trinajstić information content (AvgIpc) is 3.05. The van der Waals surface area contributed by atoms with Crippen LogP contribution in [0.4, 0.5) is 5.69 Å². The van der Waals surface area contributed by atoms with E-state index in [4.69, 9.17) is 9.47 Å². The van der Waals surface area contributed by atoms with E-state index >= 15 is 0 Å². The third-order valence-electron chi connectivity index (χ3n) is 7.14. The molecule has 0 bridgehead atoms. The van der Waals surface area contributed by atoms with Gasteiger partial charge in [-0.3, -0.25) is 13.9 Å². The van der Waals surface area contributed by atoms with Crippen molar-refractivity contribution in [2.75, 3.05) is 31.1 Å². The fraction of sp³-hybridized carbons (Fsp3) is 0.212. The number of fused-ring (bicyclic) bond motifs is 1. The van der Waals surface area contributed by atoms with Gasteiger partial charge in [-0.1, -0.05) is 78.9 Å². The van der Waals surface area contributed by atoms with Crippen LogP contribution in [-0.4, -0.2) is 58.0 Å². The van der Waals surface area contributed by atoms with E-state index in [1.54, 1.807) is 36.4 Å². The summed E-state index contributed by atoms with van der Waals surface area (Å²) in [6.07, 6.45) is 0.245. The number of hydrogen-bond donors (Lipinski definition) is 1. The van der Waals surface area contributed by atoms with Gasteiger partial charge in [0.2, 0.25) is 11.8 Å². The lowest BCUT2D eigenvalue weighted by Crippen LogP contribution is -2.53. The molecule has 0 radical (unpaired) electrons. The molecule has 0 spiro atoms. The van der Waals surface area contributed by atoms with Gasteiger partial charge in [-0.05, 0) is 35.4 Å². The van der Waals surface area contributed by atoms with Crippen LogP contribution in [0.2, 0.25) is 0 Å². The fourth-order valence-corrected chi connectivity index (χ4v) is 6.36. The van der Waals surface area contributed by atoms with Gasteiger partial charge in [0, 0.05) is 26.1 Å². The van der Waals surface area contributed by atoms with Crippen molar-refractivity contribution >= 4 is 27.5 Å². The van der Waals surface area contributed by atoms with Gasteiger partial charge in [0.1, 0.15) is 25.8 Å². The first-order valence-corrected chi connectivity index (χ1v) is 15.4. The Morgan fingerprint density at radius 1 is 0.791 bits per heavy atom. The lowest BCUT2D eigenvalue weighted by Gasteiger charge is -2.33. The highest BCUT2D eigenvalue weighted by Gasteiger charge is 2.34. The van der Waals surface area contributed by atoms with E-state index in [1.165, 1.54) is 24.1 Å². The van der Waals surface area contributed by atoms with Crippen LogP contribution in [0.5, 0.6) is 11.5 Å². The van der Waals surface area contributed by atoms with E-state index < -0.39 is 28.5 Å². The number of likely N-dealkylation sites (N-methyl/N-ethyl adjacent to an activating group) is 1. The van der Waals surface area contributed by atoms with Crippen molar-refractivity contribution in [2.24, 2.45) is 0 Å². The second-order valence-corrected chi connectivity index (χ2v) is 11.8. The normalized spacial score (nSPS) is 13.0. The van der Waals surface area contributed by atoms with Crippen LogP contribution in [0, 0.1) is 0 Å². The molecular formula is C33H33N3O6S. The number of nitrogens with zero attached hydrogens (tertiary/aromatic N) is 2. The lowest BCUT2D eigenvalue weighted by atomic mass is 10.0. The summed E-state index contributed by atoms with van der Waals surface area (Å²) in [6.45, 7) is 0.253. The Morgan fingerprint density at radius 3 is 2.00 bits per heavy atom. The van der Waals surface area contributed by atoms with Crippen molar-refractivity contribution in [1.29, 1.82) is 0 Å². The van der Waals surface area contributed by atoms with Crippen LogP contribution in [-0.2, 0) is 32.6 Å². The Hall–Kier alpha value is -4.83. The summed E-state index contributed by atoms with van der Waals surface area (Å²) < 4.78 is 40.6. The molecule has 1 aliphatic rings. The summed E-state index contributed by atoms with van der Waals surface area (Å²) in [4.78, 5) is 29.1. The van der Waals surface area contributed by atoms with Gasteiger partial charge in [-0.15, -0.1) is 0 Å². The molecule has 1 heterocycles. The number of rotatable bonds is 11. The minimum absolute atomic E-state index is 0.0273. The predicted octanol–water partition coefficient (Wildman–Crippen LogP) is 4.04. The van der Waals surface area contributed by atoms with Gasteiger partial charge >= 0.3 is 0 Å². The SMILES string of the molecule is CNC(=O)[C@@H](Cc1ccccc1)N(Cc1ccccc1)C(=O)CN(c1ccc2c(c1)OCCO2)S(=O)(=O)c1ccccc1. The second-order valence-electron chi connectivity index (χ2n) is 9.98. The van der Waals surface area contributed by atoms with Crippen molar-refractivity contribution in [2.45, 2.75) is 23.9 Å². The number of amides is 2. The number of hydrogen-bond acceptors (Lipinski definition) is 6. The molecular weight excluding hydrogens is 566 g/mol. The molecule has 9 nitrogen and oxygen atoms in total. The minimum Gasteiger partial charge on any atom is -0.486 e. The van der Waals surface area contributed by atoms with E-state index in [1.807, 2.05) is 60.7 Å². The summed E-state index contributed by atoms with van der Waals surface area (Å²) in [5, 5.41) is 2.69. The molecule has 43 heavy (non-hydrogen) atoms. The highest BCUT2D eigenvalue weighted by Crippen LogP contribution is 2.36. The monoisotopic (exact) mass is 599 g/mol. The predicted molar refractivity (Wildman–Crippen MR) is 163 cm³/mol. The minimum atomic E-state index is -4.20. The molecule has 0 fully saturated rings. The lowest BCUT2D eigenvalue weighted by molar-refractivity contribution is -0.139. The number of sulfonamides is 1. The van der Waals surface area contributed by atoms with Crippen molar-refractivity contribution < 1.29 is 27.5 Å². The first kappa shape index (κ1) is 29.7. The third-order valence-corrected chi connectivity index (χ3v) is 8.93. The molecule has 4 aromatic carbocycles. The second kappa shape index (κ2) is 13.4. The van der Waals surface area contributed by atoms with Gasteiger partial charge in [-0.25, -0.2) is 8.42 Å². The quantitative estimate of drug-likeness (QED) is 0.279. The van der Waals surface area contributed by atoms with E-state index in [9.17, 15) is 18.0 Å². The standard InChI is InChI=1S/C33H33N3O6S/c1-34-33(38)29(21-25-11-5-2-6-12-25)35(23-26-13-7-3-8-14-26)32(37)24-36(43(39,40)28-15-9-4-10-16-28)27-17-18-30-31(22-27)42-20-19-41-30/h2-18,22,29H,19-21,23-24H2,1H3,(H,34,38)/t29-/m1/s1. The van der Waals surface area contributed by atoms with Crippen LogP contribution in [0.15, 0.2) is 114 Å². The molecule has 1 atom stereocenters. The van der Waals surface area contributed by atoms with E-state index in [2.05, 4.69) is 5.32 Å². The number of anilines is 1. The van der Waals surface area contributed by atoms with E-state index in [0.29, 0.717) is 24.7 Å². The van der Waals surface area contributed by atoms with Crippen molar-refractivity contribution in [3.05, 3.63) is 120 Å². The third kappa shape index (κ3) is 6.98. The molecule has 5 rings (SSSR count). The average molecular weight is 600 g/mol. The molecule has 0 aromatic heterocycles. The first-order chi connectivity index (χ1) is 20.9. The first-order valence-electron chi connectivity index (χ1n) is 13.9. The summed E-state index contributed by atoms with van der Waals surface area (Å²) >= 11 is 0. The van der Waals surface area contributed by atoms with Crippen molar-refractivity contribution in [1.82, 2.24) is 10.2 Å². The van der Waals surface area contributed by atoms with E-state index in [-0.39, 0.29) is 29.5 Å². The number of benzene rings is 4. The maximum absolute atomic E-state index is 14.3. The molecule has 222 valence electrons. The van der Waals surface area contributed by atoms with Crippen LogP contribution in [0.1, 0.15) is 11.1 Å². The molecule has 4 aromatic rings. The summed E-state index contributed by atoms with van der Waals surface area (Å²) in [6, 6.07) is 30.5. The van der Waals surface area contributed by atoms with Gasteiger partial charge in [-0.2, -0.15) is 0 Å². The Morgan fingerprint density at radius 2 is 1.37 bits per heavy atom. The molecule has 2 amide bonds. The maximum atomic E-state index is 14.3. The van der Waals surface area contributed by atoms with Crippen LogP contribution >= 0.6 is 0 Å². The number of ether oxygens (including phenoxy) is 2. The summed E-state index contributed by atoms with van der Waals surface area (Å²) in [5.74, 6) is -0.0164. The Bertz CT molecular complexity index is 1650. The fourth-order valence-electron chi connectivity index (χ4n) is 4.94. The van der Waals surface area contributed by atoms with Gasteiger partial charge < -0.3 is 19.7 Å². The number of nitrogens with one attached hydrogen (secondary N) is 1. The zero-order valence-corrected chi connectivity index (χ0v) is 24.6. The molecule has 1 aliphatic heterocycles. The zero-order valence-electron chi connectivity index (χ0n) is 23.8. The van der Waals surface area contributed by atoms with Crippen LogP contribution < -0.4 is 19.1 Å².